The summed E-state index contributed by atoms with van der Waals surface area (Å²) in [5, 5.41) is 4.08. The van der Waals surface area contributed by atoms with Gasteiger partial charge in [0, 0.05) is 19.1 Å². The number of carbonyl (C=O) groups is 1. The first-order chi connectivity index (χ1) is 8.42. The van der Waals surface area contributed by atoms with Crippen molar-refractivity contribution in [2.45, 2.75) is 39.2 Å². The zero-order valence-corrected chi connectivity index (χ0v) is 12.2. The lowest BCUT2D eigenvalue weighted by atomic mass is 9.79. The zero-order chi connectivity index (χ0) is 13.3. The molecular formula is C14H22N2OS. The van der Waals surface area contributed by atoms with Crippen LogP contribution in [0.15, 0.2) is 16.8 Å². The molecule has 1 saturated heterocycles. The van der Waals surface area contributed by atoms with Crippen LogP contribution in [0.25, 0.3) is 0 Å². The van der Waals surface area contributed by atoms with Crippen LogP contribution in [0.2, 0.25) is 0 Å². The van der Waals surface area contributed by atoms with Crippen LogP contribution in [0, 0.1) is 5.41 Å². The maximum absolute atomic E-state index is 12.5. The van der Waals surface area contributed by atoms with E-state index in [0.717, 1.165) is 25.1 Å². The average molecular weight is 266 g/mol. The Morgan fingerprint density at radius 3 is 2.89 bits per heavy atom. The van der Waals surface area contributed by atoms with Gasteiger partial charge in [0.15, 0.2) is 0 Å². The van der Waals surface area contributed by atoms with Crippen molar-refractivity contribution in [3.8, 4) is 0 Å². The number of nitrogens with two attached hydrogens (primary N) is 1. The molecule has 2 heterocycles. The van der Waals surface area contributed by atoms with Gasteiger partial charge in [-0.15, -0.1) is 0 Å². The first-order valence-electron chi connectivity index (χ1n) is 6.48. The molecule has 100 valence electrons. The lowest BCUT2D eigenvalue weighted by molar-refractivity contribution is -0.135. The highest BCUT2D eigenvalue weighted by Gasteiger charge is 2.36. The molecule has 1 aromatic rings. The third-order valence-corrected chi connectivity index (χ3v) is 4.74. The van der Waals surface area contributed by atoms with E-state index in [1.807, 2.05) is 23.3 Å². The smallest absolute Gasteiger partial charge is 0.229 e. The molecule has 1 aliphatic heterocycles. The molecular weight excluding hydrogens is 244 g/mol. The summed E-state index contributed by atoms with van der Waals surface area (Å²) in [5.41, 5.74) is 7.25. The Morgan fingerprint density at radius 1 is 1.61 bits per heavy atom. The normalized spacial score (nSPS) is 24.9. The Bertz CT molecular complexity index is 413. The Kier molecular flexibility index (Phi) is 3.78. The largest absolute Gasteiger partial charge is 0.342 e. The highest BCUT2D eigenvalue weighted by atomic mass is 32.1. The fourth-order valence-corrected chi connectivity index (χ4v) is 3.25. The molecule has 2 unspecified atom stereocenters. The van der Waals surface area contributed by atoms with Crippen molar-refractivity contribution in [2.75, 3.05) is 13.1 Å². The molecule has 2 rings (SSSR count). The SMILES string of the molecule is CC(C(=O)N1CCC(N)C(C)(C)C1)c1ccsc1. The Hall–Kier alpha value is -0.870. The maximum Gasteiger partial charge on any atom is 0.229 e. The zero-order valence-electron chi connectivity index (χ0n) is 11.3. The second-order valence-electron chi connectivity index (χ2n) is 5.92. The van der Waals surface area contributed by atoms with Crippen LogP contribution in [0.5, 0.6) is 0 Å². The summed E-state index contributed by atoms with van der Waals surface area (Å²) in [4.78, 5) is 14.5. The van der Waals surface area contributed by atoms with Crippen LogP contribution in [-0.2, 0) is 4.79 Å². The summed E-state index contributed by atoms with van der Waals surface area (Å²) in [6, 6.07) is 2.23. The van der Waals surface area contributed by atoms with Crippen LogP contribution in [0.1, 0.15) is 38.7 Å². The maximum atomic E-state index is 12.5. The van der Waals surface area contributed by atoms with Gasteiger partial charge in [0.1, 0.15) is 0 Å². The van der Waals surface area contributed by atoms with E-state index in [0.29, 0.717) is 0 Å². The standard InChI is InChI=1S/C14H22N2OS/c1-10(11-5-7-18-8-11)13(17)16-6-4-12(15)14(2,3)9-16/h5,7-8,10,12H,4,6,9,15H2,1-3H3. The van der Waals surface area contributed by atoms with Gasteiger partial charge in [-0.05, 0) is 41.1 Å². The first kappa shape index (κ1) is 13.6. The summed E-state index contributed by atoms with van der Waals surface area (Å²) in [7, 11) is 0. The summed E-state index contributed by atoms with van der Waals surface area (Å²) >= 11 is 1.64. The van der Waals surface area contributed by atoms with Crippen LogP contribution in [-0.4, -0.2) is 29.9 Å². The van der Waals surface area contributed by atoms with Crippen molar-refractivity contribution >= 4 is 17.2 Å². The van der Waals surface area contributed by atoms with Gasteiger partial charge in [0.05, 0.1) is 5.92 Å². The Balaban J connectivity index is 2.06. The molecule has 1 aliphatic rings. The molecule has 1 amide bonds. The minimum atomic E-state index is -0.0404. The van der Waals surface area contributed by atoms with E-state index in [9.17, 15) is 4.79 Å². The molecule has 0 spiro atoms. The molecule has 0 saturated carbocycles. The first-order valence-corrected chi connectivity index (χ1v) is 7.42. The minimum Gasteiger partial charge on any atom is -0.342 e. The number of thiophene rings is 1. The number of piperidine rings is 1. The van der Waals surface area contributed by atoms with Crippen molar-refractivity contribution < 1.29 is 4.79 Å². The van der Waals surface area contributed by atoms with E-state index in [4.69, 9.17) is 5.73 Å². The van der Waals surface area contributed by atoms with Crippen LogP contribution in [0.4, 0.5) is 0 Å². The van der Waals surface area contributed by atoms with Crippen molar-refractivity contribution in [2.24, 2.45) is 11.1 Å². The third-order valence-electron chi connectivity index (χ3n) is 4.04. The third kappa shape index (κ3) is 2.59. The van der Waals surface area contributed by atoms with Crippen molar-refractivity contribution in [1.82, 2.24) is 4.90 Å². The van der Waals surface area contributed by atoms with Gasteiger partial charge in [0.2, 0.25) is 5.91 Å². The number of hydrogen-bond donors (Lipinski definition) is 1. The predicted octanol–water partition coefficient (Wildman–Crippen LogP) is 2.44. The number of amides is 1. The topological polar surface area (TPSA) is 46.3 Å². The van der Waals surface area contributed by atoms with Crippen LogP contribution in [0.3, 0.4) is 0 Å². The summed E-state index contributed by atoms with van der Waals surface area (Å²) in [6.07, 6.45) is 0.898. The lowest BCUT2D eigenvalue weighted by Gasteiger charge is -2.43. The van der Waals surface area contributed by atoms with E-state index in [1.54, 1.807) is 11.3 Å². The van der Waals surface area contributed by atoms with Crippen molar-refractivity contribution in [3.05, 3.63) is 22.4 Å². The molecule has 0 bridgehead atoms. The van der Waals surface area contributed by atoms with Crippen LogP contribution >= 0.6 is 11.3 Å². The summed E-state index contributed by atoms with van der Waals surface area (Å²) in [6.45, 7) is 7.84. The lowest BCUT2D eigenvalue weighted by Crippen LogP contribution is -2.54. The van der Waals surface area contributed by atoms with Crippen molar-refractivity contribution in [3.63, 3.8) is 0 Å². The van der Waals surface area contributed by atoms with E-state index in [1.165, 1.54) is 0 Å². The number of rotatable bonds is 2. The number of carbonyl (C=O) groups excluding carboxylic acids is 1. The van der Waals surface area contributed by atoms with Gasteiger partial charge < -0.3 is 10.6 Å². The fraction of sp³-hybridized carbons (Fsp3) is 0.643. The minimum absolute atomic E-state index is 0.0161. The summed E-state index contributed by atoms with van der Waals surface area (Å²) < 4.78 is 0. The molecule has 3 nitrogen and oxygen atoms in total. The van der Waals surface area contributed by atoms with Gasteiger partial charge in [-0.2, -0.15) is 11.3 Å². The molecule has 0 aliphatic carbocycles. The monoisotopic (exact) mass is 266 g/mol. The average Bonchev–Trinajstić information content (AvgIpc) is 2.84. The second-order valence-corrected chi connectivity index (χ2v) is 6.70. The van der Waals surface area contributed by atoms with Gasteiger partial charge in [-0.1, -0.05) is 13.8 Å². The number of hydrogen-bond acceptors (Lipinski definition) is 3. The van der Waals surface area contributed by atoms with Crippen molar-refractivity contribution in [1.29, 1.82) is 0 Å². The fourth-order valence-electron chi connectivity index (χ4n) is 2.50. The molecule has 2 N–H and O–H groups in total. The number of nitrogens with zero attached hydrogens (tertiary/aromatic N) is 1. The summed E-state index contributed by atoms with van der Waals surface area (Å²) in [5.74, 6) is 0.190. The van der Waals surface area contributed by atoms with Gasteiger partial charge in [-0.3, -0.25) is 4.79 Å². The molecule has 0 radical (unpaired) electrons. The van der Waals surface area contributed by atoms with E-state index < -0.39 is 0 Å². The van der Waals surface area contributed by atoms with E-state index in [-0.39, 0.29) is 23.3 Å². The highest BCUT2D eigenvalue weighted by molar-refractivity contribution is 7.08. The van der Waals surface area contributed by atoms with Gasteiger partial charge in [0.25, 0.3) is 0 Å². The Morgan fingerprint density at radius 2 is 2.33 bits per heavy atom. The Labute approximate surface area is 113 Å². The predicted molar refractivity (Wildman–Crippen MR) is 75.7 cm³/mol. The molecule has 2 atom stereocenters. The van der Waals surface area contributed by atoms with E-state index in [2.05, 4.69) is 19.2 Å². The molecule has 0 aromatic carbocycles. The highest BCUT2D eigenvalue weighted by Crippen LogP contribution is 2.30. The molecule has 1 aromatic heterocycles. The quantitative estimate of drug-likeness (QED) is 0.893. The van der Waals surface area contributed by atoms with Crippen LogP contribution < -0.4 is 5.73 Å². The molecule has 1 fully saturated rings. The molecule has 18 heavy (non-hydrogen) atoms. The molecule has 4 heteroatoms. The van der Waals surface area contributed by atoms with Gasteiger partial charge >= 0.3 is 0 Å². The number of likely N-dealkylation sites (tertiary alicyclic amines) is 1. The second kappa shape index (κ2) is 5.02. The van der Waals surface area contributed by atoms with E-state index >= 15 is 0 Å². The van der Waals surface area contributed by atoms with Gasteiger partial charge in [-0.25, -0.2) is 0 Å².